The number of carbonyl (C=O) groups excluding carboxylic acids is 2. The van der Waals surface area contributed by atoms with E-state index in [-0.39, 0.29) is 18.4 Å². The second kappa shape index (κ2) is 8.30. The second-order valence-electron chi connectivity index (χ2n) is 5.73. The normalized spacial score (nSPS) is 13.8. The van der Waals surface area contributed by atoms with Crippen molar-refractivity contribution >= 4 is 17.5 Å². The minimum atomic E-state index is -0.366. The molecule has 0 aliphatic carbocycles. The molecule has 2 aromatic carbocycles. The maximum Gasteiger partial charge on any atom is 0.281 e. The smallest absolute Gasteiger partial charge is 0.281 e. The van der Waals surface area contributed by atoms with E-state index in [9.17, 15) is 9.59 Å². The molecule has 1 aliphatic heterocycles. The molecule has 6 heteroatoms. The van der Waals surface area contributed by atoms with Crippen LogP contribution in [0, 0.1) is 0 Å². The van der Waals surface area contributed by atoms with E-state index < -0.39 is 0 Å². The highest BCUT2D eigenvalue weighted by atomic mass is 16.7. The van der Waals surface area contributed by atoms with Crippen molar-refractivity contribution in [3.05, 3.63) is 60.2 Å². The Hall–Kier alpha value is -2.86. The monoisotopic (exact) mass is 340 g/mol. The van der Waals surface area contributed by atoms with Crippen molar-refractivity contribution in [1.82, 2.24) is 5.48 Å². The number of nitrogens with one attached hydrogen (secondary N) is 1. The number of hydrogen-bond acceptors (Lipinski definition) is 4. The highest BCUT2D eigenvalue weighted by Crippen LogP contribution is 2.23. The predicted octanol–water partition coefficient (Wildman–Crippen LogP) is 2.44. The zero-order chi connectivity index (χ0) is 17.5. The Morgan fingerprint density at radius 2 is 1.84 bits per heavy atom. The van der Waals surface area contributed by atoms with Gasteiger partial charge in [0.15, 0.2) is 6.61 Å². The van der Waals surface area contributed by atoms with Crippen LogP contribution in [0.5, 0.6) is 5.75 Å². The maximum absolute atomic E-state index is 11.7. The minimum absolute atomic E-state index is 0.142. The standard InChI is InChI=1S/C19H20N2O4/c22-18(20-25-13-15-5-2-1-3-6-15)14-24-17-10-8-16(9-11-17)21-12-4-7-19(21)23/h1-3,5-6,8-11H,4,7,12-14H2,(H,20,22). The van der Waals surface area contributed by atoms with Gasteiger partial charge in [-0.3, -0.25) is 14.4 Å². The van der Waals surface area contributed by atoms with Gasteiger partial charge in [-0.15, -0.1) is 0 Å². The Kier molecular flexibility index (Phi) is 5.64. The van der Waals surface area contributed by atoms with Crippen LogP contribution in [0.1, 0.15) is 18.4 Å². The molecular weight excluding hydrogens is 320 g/mol. The molecule has 0 atom stereocenters. The second-order valence-corrected chi connectivity index (χ2v) is 5.73. The van der Waals surface area contributed by atoms with Gasteiger partial charge in [-0.25, -0.2) is 5.48 Å². The lowest BCUT2D eigenvalue weighted by molar-refractivity contribution is -0.136. The Bertz CT molecular complexity index is 716. The van der Waals surface area contributed by atoms with E-state index >= 15 is 0 Å². The molecule has 0 saturated carbocycles. The molecule has 6 nitrogen and oxygen atoms in total. The summed E-state index contributed by atoms with van der Waals surface area (Å²) in [6.07, 6.45) is 1.49. The van der Waals surface area contributed by atoms with Crippen molar-refractivity contribution in [3.63, 3.8) is 0 Å². The Balaban J connectivity index is 1.40. The molecule has 1 aliphatic rings. The predicted molar refractivity (Wildman–Crippen MR) is 92.9 cm³/mol. The summed E-state index contributed by atoms with van der Waals surface area (Å²) in [7, 11) is 0. The number of ether oxygens (including phenoxy) is 1. The van der Waals surface area contributed by atoms with Crippen LogP contribution in [0.2, 0.25) is 0 Å². The van der Waals surface area contributed by atoms with Gasteiger partial charge < -0.3 is 9.64 Å². The molecule has 1 fully saturated rings. The molecule has 0 radical (unpaired) electrons. The maximum atomic E-state index is 11.7. The van der Waals surface area contributed by atoms with Crippen molar-refractivity contribution < 1.29 is 19.2 Å². The quantitative estimate of drug-likeness (QED) is 0.786. The third-order valence-corrected chi connectivity index (χ3v) is 3.86. The molecule has 25 heavy (non-hydrogen) atoms. The molecule has 0 aromatic heterocycles. The van der Waals surface area contributed by atoms with Crippen molar-refractivity contribution in [2.24, 2.45) is 0 Å². The Labute approximate surface area is 146 Å². The molecular formula is C19H20N2O4. The van der Waals surface area contributed by atoms with Gasteiger partial charge in [0.05, 0.1) is 6.61 Å². The van der Waals surface area contributed by atoms with E-state index in [1.54, 1.807) is 17.0 Å². The van der Waals surface area contributed by atoms with E-state index in [0.717, 1.165) is 24.2 Å². The van der Waals surface area contributed by atoms with Crippen molar-refractivity contribution in [1.29, 1.82) is 0 Å². The van der Waals surface area contributed by atoms with Gasteiger partial charge in [0, 0.05) is 18.7 Å². The van der Waals surface area contributed by atoms with Gasteiger partial charge in [-0.2, -0.15) is 0 Å². The fourth-order valence-electron chi connectivity index (χ4n) is 2.60. The molecule has 0 unspecified atom stereocenters. The molecule has 0 spiro atoms. The summed E-state index contributed by atoms with van der Waals surface area (Å²) in [6.45, 7) is 0.905. The van der Waals surface area contributed by atoms with Crippen LogP contribution in [-0.2, 0) is 21.0 Å². The van der Waals surface area contributed by atoms with E-state index in [1.807, 2.05) is 42.5 Å². The lowest BCUT2D eigenvalue weighted by atomic mass is 10.2. The molecule has 2 amide bonds. The molecule has 1 heterocycles. The summed E-state index contributed by atoms with van der Waals surface area (Å²) in [5.74, 6) is 0.340. The van der Waals surface area contributed by atoms with Gasteiger partial charge >= 0.3 is 0 Å². The average molecular weight is 340 g/mol. The van der Waals surface area contributed by atoms with E-state index in [4.69, 9.17) is 9.57 Å². The van der Waals surface area contributed by atoms with Crippen LogP contribution < -0.4 is 15.1 Å². The highest BCUT2D eigenvalue weighted by Gasteiger charge is 2.21. The molecule has 130 valence electrons. The lowest BCUT2D eigenvalue weighted by Gasteiger charge is -2.16. The van der Waals surface area contributed by atoms with Crippen LogP contribution in [0.4, 0.5) is 5.69 Å². The lowest BCUT2D eigenvalue weighted by Crippen LogP contribution is -2.29. The van der Waals surface area contributed by atoms with Gasteiger partial charge in [-0.05, 0) is 36.2 Å². The fourth-order valence-corrected chi connectivity index (χ4v) is 2.60. The summed E-state index contributed by atoms with van der Waals surface area (Å²) in [4.78, 5) is 30.3. The number of amides is 2. The number of hydrogen-bond donors (Lipinski definition) is 1. The average Bonchev–Trinajstić information content (AvgIpc) is 3.07. The topological polar surface area (TPSA) is 67.9 Å². The molecule has 0 bridgehead atoms. The van der Waals surface area contributed by atoms with Crippen LogP contribution in [-0.4, -0.2) is 25.0 Å². The first kappa shape index (κ1) is 17.0. The highest BCUT2D eigenvalue weighted by molar-refractivity contribution is 5.95. The van der Waals surface area contributed by atoms with Crippen LogP contribution in [0.15, 0.2) is 54.6 Å². The fraction of sp³-hybridized carbons (Fsp3) is 0.263. The van der Waals surface area contributed by atoms with Gasteiger partial charge in [0.25, 0.3) is 5.91 Å². The Morgan fingerprint density at radius 1 is 1.08 bits per heavy atom. The minimum Gasteiger partial charge on any atom is -0.484 e. The summed E-state index contributed by atoms with van der Waals surface area (Å²) in [5.41, 5.74) is 4.17. The third-order valence-electron chi connectivity index (χ3n) is 3.86. The van der Waals surface area contributed by atoms with Crippen LogP contribution in [0.25, 0.3) is 0 Å². The number of benzene rings is 2. The van der Waals surface area contributed by atoms with Crippen molar-refractivity contribution in [3.8, 4) is 5.75 Å². The number of rotatable bonds is 7. The van der Waals surface area contributed by atoms with Gasteiger partial charge in [-0.1, -0.05) is 30.3 Å². The van der Waals surface area contributed by atoms with Gasteiger partial charge in [0.1, 0.15) is 5.75 Å². The van der Waals surface area contributed by atoms with Crippen molar-refractivity contribution in [2.75, 3.05) is 18.1 Å². The summed E-state index contributed by atoms with van der Waals surface area (Å²) in [6, 6.07) is 16.7. The molecule has 1 saturated heterocycles. The SMILES string of the molecule is O=C(COc1ccc(N2CCCC2=O)cc1)NOCc1ccccc1. The van der Waals surface area contributed by atoms with Crippen molar-refractivity contribution in [2.45, 2.75) is 19.4 Å². The third kappa shape index (κ3) is 4.81. The van der Waals surface area contributed by atoms with E-state index in [2.05, 4.69) is 5.48 Å². The summed E-state index contributed by atoms with van der Waals surface area (Å²) >= 11 is 0. The first-order valence-electron chi connectivity index (χ1n) is 8.20. The van der Waals surface area contributed by atoms with Crippen LogP contribution >= 0.6 is 0 Å². The largest absolute Gasteiger partial charge is 0.484 e. The first-order valence-corrected chi connectivity index (χ1v) is 8.20. The first-order chi connectivity index (χ1) is 12.2. The van der Waals surface area contributed by atoms with Crippen LogP contribution in [0.3, 0.4) is 0 Å². The molecule has 2 aromatic rings. The van der Waals surface area contributed by atoms with E-state index in [1.165, 1.54) is 0 Å². The molecule has 1 N–H and O–H groups in total. The number of anilines is 1. The Morgan fingerprint density at radius 3 is 2.52 bits per heavy atom. The molecule has 3 rings (SSSR count). The van der Waals surface area contributed by atoms with Gasteiger partial charge in [0.2, 0.25) is 5.91 Å². The summed E-state index contributed by atoms with van der Waals surface area (Å²) < 4.78 is 5.42. The number of nitrogens with zero attached hydrogens (tertiary/aromatic N) is 1. The number of carbonyl (C=O) groups is 2. The number of hydroxylamine groups is 1. The zero-order valence-electron chi connectivity index (χ0n) is 13.8. The van der Waals surface area contributed by atoms with E-state index in [0.29, 0.717) is 18.8 Å². The summed E-state index contributed by atoms with van der Waals surface area (Å²) in [5, 5.41) is 0. The zero-order valence-corrected chi connectivity index (χ0v) is 13.8.